The zero-order valence-corrected chi connectivity index (χ0v) is 15.9. The van der Waals surface area contributed by atoms with Crippen LogP contribution in [0, 0.1) is 0 Å². The Morgan fingerprint density at radius 3 is 1.96 bits per heavy atom. The van der Waals surface area contributed by atoms with Gasteiger partial charge < -0.3 is 24.1 Å². The first kappa shape index (κ1) is 20.1. The number of carbonyl (C=O) groups excluding carboxylic acids is 2. The van der Waals surface area contributed by atoms with Gasteiger partial charge in [-0.05, 0) is 57.2 Å². The Balaban J connectivity index is 2.23. The van der Waals surface area contributed by atoms with Crippen LogP contribution in [-0.2, 0) is 4.74 Å². The lowest BCUT2D eigenvalue weighted by Gasteiger charge is -2.20. The van der Waals surface area contributed by atoms with E-state index in [1.807, 2.05) is 0 Å². The number of esters is 2. The van der Waals surface area contributed by atoms with Crippen molar-refractivity contribution in [2.45, 2.75) is 26.4 Å². The highest BCUT2D eigenvalue weighted by Crippen LogP contribution is 2.31. The molecule has 0 saturated carbocycles. The molecule has 7 nitrogen and oxygen atoms in total. The number of hydrogen-bond acceptors (Lipinski definition) is 7. The van der Waals surface area contributed by atoms with E-state index in [1.54, 1.807) is 20.8 Å². The molecule has 27 heavy (non-hydrogen) atoms. The van der Waals surface area contributed by atoms with Gasteiger partial charge in [0, 0.05) is 0 Å². The van der Waals surface area contributed by atoms with Crippen LogP contribution in [0.1, 0.15) is 41.5 Å². The molecule has 0 spiro atoms. The standard InChI is InChI=1S/C20H22O7/c1-20(2,3)27-19(23)13-7-9-15(17(11-13)25-5)26-18(22)12-6-8-14(21)16(10-12)24-4/h6-11,21H,1-5H3. The molecule has 0 aliphatic carbocycles. The minimum absolute atomic E-state index is 0.0895. The molecule has 0 heterocycles. The van der Waals surface area contributed by atoms with E-state index in [0.717, 1.165) is 0 Å². The van der Waals surface area contributed by atoms with Crippen molar-refractivity contribution in [3.05, 3.63) is 47.5 Å². The number of rotatable bonds is 5. The van der Waals surface area contributed by atoms with E-state index < -0.39 is 17.5 Å². The lowest BCUT2D eigenvalue weighted by molar-refractivity contribution is 0.00691. The van der Waals surface area contributed by atoms with Gasteiger partial charge in [-0.25, -0.2) is 9.59 Å². The summed E-state index contributed by atoms with van der Waals surface area (Å²) in [6, 6.07) is 8.47. The SMILES string of the molecule is COc1cc(C(=O)Oc2ccc(C(=O)OC(C)(C)C)cc2OC)ccc1O. The fraction of sp³-hybridized carbons (Fsp3) is 0.300. The number of methoxy groups -OCH3 is 2. The summed E-state index contributed by atoms with van der Waals surface area (Å²) in [5.41, 5.74) is -0.177. The van der Waals surface area contributed by atoms with Crippen LogP contribution in [0.2, 0.25) is 0 Å². The second-order valence-corrected chi connectivity index (χ2v) is 6.64. The van der Waals surface area contributed by atoms with Gasteiger partial charge in [0.1, 0.15) is 5.60 Å². The van der Waals surface area contributed by atoms with Crippen molar-refractivity contribution in [2.75, 3.05) is 14.2 Å². The van der Waals surface area contributed by atoms with Crippen LogP contribution >= 0.6 is 0 Å². The van der Waals surface area contributed by atoms with Crippen molar-refractivity contribution in [2.24, 2.45) is 0 Å². The topological polar surface area (TPSA) is 91.3 Å². The van der Waals surface area contributed by atoms with Crippen molar-refractivity contribution in [3.8, 4) is 23.0 Å². The van der Waals surface area contributed by atoms with Crippen molar-refractivity contribution >= 4 is 11.9 Å². The van der Waals surface area contributed by atoms with Crippen LogP contribution in [-0.4, -0.2) is 36.9 Å². The Hall–Kier alpha value is -3.22. The highest BCUT2D eigenvalue weighted by Gasteiger charge is 2.20. The van der Waals surface area contributed by atoms with Gasteiger partial charge in [-0.3, -0.25) is 0 Å². The molecule has 0 unspecified atom stereocenters. The molecule has 0 aromatic heterocycles. The molecule has 144 valence electrons. The summed E-state index contributed by atoms with van der Waals surface area (Å²) in [6.45, 7) is 5.30. The Labute approximate surface area is 157 Å². The molecule has 0 radical (unpaired) electrons. The maximum atomic E-state index is 12.4. The van der Waals surface area contributed by atoms with Crippen LogP contribution in [0.15, 0.2) is 36.4 Å². The molecular weight excluding hydrogens is 352 g/mol. The summed E-state index contributed by atoms with van der Waals surface area (Å²) in [6.07, 6.45) is 0. The maximum absolute atomic E-state index is 12.4. The van der Waals surface area contributed by atoms with Gasteiger partial charge in [-0.1, -0.05) is 0 Å². The van der Waals surface area contributed by atoms with Gasteiger partial charge in [0.2, 0.25) is 0 Å². The van der Waals surface area contributed by atoms with Crippen molar-refractivity contribution in [1.82, 2.24) is 0 Å². The zero-order valence-electron chi connectivity index (χ0n) is 15.9. The van der Waals surface area contributed by atoms with Gasteiger partial charge in [0.15, 0.2) is 23.0 Å². The molecule has 0 saturated heterocycles. The Bertz CT molecular complexity index is 850. The van der Waals surface area contributed by atoms with E-state index in [1.165, 1.54) is 50.6 Å². The van der Waals surface area contributed by atoms with Gasteiger partial charge in [0.25, 0.3) is 0 Å². The summed E-state index contributed by atoms with van der Waals surface area (Å²) < 4.78 is 20.9. The number of ether oxygens (including phenoxy) is 4. The van der Waals surface area contributed by atoms with Crippen molar-refractivity contribution in [1.29, 1.82) is 0 Å². The third-order valence-electron chi connectivity index (χ3n) is 3.42. The average Bonchev–Trinajstić information content (AvgIpc) is 2.60. The smallest absolute Gasteiger partial charge is 0.343 e. The van der Waals surface area contributed by atoms with Crippen LogP contribution in [0.4, 0.5) is 0 Å². The van der Waals surface area contributed by atoms with E-state index in [9.17, 15) is 14.7 Å². The molecule has 2 aromatic carbocycles. The lowest BCUT2D eigenvalue weighted by Crippen LogP contribution is -2.23. The first-order valence-corrected chi connectivity index (χ1v) is 8.15. The second-order valence-electron chi connectivity index (χ2n) is 6.64. The predicted molar refractivity (Wildman–Crippen MR) is 97.8 cm³/mol. The number of benzene rings is 2. The van der Waals surface area contributed by atoms with E-state index >= 15 is 0 Å². The fourth-order valence-corrected chi connectivity index (χ4v) is 2.18. The summed E-state index contributed by atoms with van der Waals surface area (Å²) in [4.78, 5) is 24.5. The summed E-state index contributed by atoms with van der Waals surface area (Å²) >= 11 is 0. The van der Waals surface area contributed by atoms with Crippen LogP contribution in [0.5, 0.6) is 23.0 Å². The fourth-order valence-electron chi connectivity index (χ4n) is 2.18. The predicted octanol–water partition coefficient (Wildman–Crippen LogP) is 3.58. The third-order valence-corrected chi connectivity index (χ3v) is 3.42. The largest absolute Gasteiger partial charge is 0.504 e. The molecule has 0 fully saturated rings. The monoisotopic (exact) mass is 374 g/mol. The highest BCUT2D eigenvalue weighted by atomic mass is 16.6. The molecule has 7 heteroatoms. The Morgan fingerprint density at radius 2 is 1.37 bits per heavy atom. The first-order valence-electron chi connectivity index (χ1n) is 8.15. The van der Waals surface area contributed by atoms with Crippen molar-refractivity contribution < 1.29 is 33.6 Å². The van der Waals surface area contributed by atoms with Crippen LogP contribution in [0.25, 0.3) is 0 Å². The van der Waals surface area contributed by atoms with Crippen LogP contribution < -0.4 is 14.2 Å². The number of hydrogen-bond donors (Lipinski definition) is 1. The van der Waals surface area contributed by atoms with Crippen molar-refractivity contribution in [3.63, 3.8) is 0 Å². The van der Waals surface area contributed by atoms with E-state index in [4.69, 9.17) is 18.9 Å². The molecule has 1 N–H and O–H groups in total. The first-order chi connectivity index (χ1) is 12.6. The molecule has 0 bridgehead atoms. The molecule has 0 aliphatic rings. The number of phenolic OH excluding ortho intramolecular Hbond substituents is 1. The molecule has 0 atom stereocenters. The minimum Gasteiger partial charge on any atom is -0.504 e. The summed E-state index contributed by atoms with van der Waals surface area (Å²) in [7, 11) is 2.78. The third kappa shape index (κ3) is 5.13. The minimum atomic E-state index is -0.670. The Morgan fingerprint density at radius 1 is 0.815 bits per heavy atom. The second kappa shape index (κ2) is 7.99. The molecule has 2 rings (SSSR count). The van der Waals surface area contributed by atoms with E-state index in [0.29, 0.717) is 0 Å². The summed E-state index contributed by atoms with van der Waals surface area (Å²) in [5, 5.41) is 9.61. The zero-order chi connectivity index (χ0) is 20.2. The van der Waals surface area contributed by atoms with E-state index in [-0.39, 0.29) is 34.1 Å². The maximum Gasteiger partial charge on any atom is 0.343 e. The van der Waals surface area contributed by atoms with Crippen LogP contribution in [0.3, 0.4) is 0 Å². The number of carbonyl (C=O) groups is 2. The average molecular weight is 374 g/mol. The summed E-state index contributed by atoms with van der Waals surface area (Å²) in [5.74, 6) is -0.775. The van der Waals surface area contributed by atoms with Gasteiger partial charge in [0.05, 0.1) is 25.3 Å². The molecule has 2 aromatic rings. The number of phenols is 1. The molecule has 0 amide bonds. The van der Waals surface area contributed by atoms with Gasteiger partial charge in [-0.2, -0.15) is 0 Å². The lowest BCUT2D eigenvalue weighted by atomic mass is 10.1. The highest BCUT2D eigenvalue weighted by molar-refractivity contribution is 5.93. The Kier molecular flexibility index (Phi) is 5.95. The number of aromatic hydroxyl groups is 1. The molecule has 0 aliphatic heterocycles. The van der Waals surface area contributed by atoms with E-state index in [2.05, 4.69) is 0 Å². The van der Waals surface area contributed by atoms with Gasteiger partial charge in [-0.15, -0.1) is 0 Å². The normalized spacial score (nSPS) is 10.9. The molecular formula is C20H22O7. The van der Waals surface area contributed by atoms with Gasteiger partial charge >= 0.3 is 11.9 Å². The quantitative estimate of drug-likeness (QED) is 0.632.